The zero-order valence-electron chi connectivity index (χ0n) is 9.14. The third-order valence-electron chi connectivity index (χ3n) is 2.49. The first-order valence-electron chi connectivity index (χ1n) is 5.20. The van der Waals surface area contributed by atoms with E-state index in [0.29, 0.717) is 10.6 Å². The van der Waals surface area contributed by atoms with E-state index in [4.69, 9.17) is 4.42 Å². The number of para-hydroxylation sites is 1. The average molecular weight is 243 g/mol. The summed E-state index contributed by atoms with van der Waals surface area (Å²) in [4.78, 5) is 16.8. The van der Waals surface area contributed by atoms with Crippen molar-refractivity contribution in [3.63, 3.8) is 0 Å². The number of aromatic nitrogens is 1. The molecule has 0 aliphatic rings. The highest BCUT2D eigenvalue weighted by Crippen LogP contribution is 2.23. The van der Waals surface area contributed by atoms with Gasteiger partial charge in [0.25, 0.3) is 0 Å². The molecule has 0 saturated heterocycles. The van der Waals surface area contributed by atoms with Crippen molar-refractivity contribution in [3.05, 3.63) is 52.2 Å². The molecule has 0 N–H and O–H groups in total. The van der Waals surface area contributed by atoms with Crippen LogP contribution in [-0.2, 0) is 0 Å². The Bertz CT molecular complexity index is 663. The molecule has 0 radical (unpaired) electrons. The molecule has 4 heteroatoms. The van der Waals surface area contributed by atoms with Crippen molar-refractivity contribution in [2.75, 3.05) is 0 Å². The van der Waals surface area contributed by atoms with Crippen molar-refractivity contribution in [1.29, 1.82) is 0 Å². The predicted molar refractivity (Wildman–Crippen MR) is 66.5 cm³/mol. The standard InChI is InChI=1S/C13H9NO2S/c1-8-14-7-12(17-8)13(15)11-6-9-4-2-3-5-10(9)16-11/h2-7H,1H3. The van der Waals surface area contributed by atoms with Crippen LogP contribution in [-0.4, -0.2) is 10.8 Å². The van der Waals surface area contributed by atoms with Crippen LogP contribution in [0.4, 0.5) is 0 Å². The van der Waals surface area contributed by atoms with Gasteiger partial charge in [-0.15, -0.1) is 11.3 Å². The Morgan fingerprint density at radius 1 is 1.35 bits per heavy atom. The highest BCUT2D eigenvalue weighted by molar-refractivity contribution is 7.13. The van der Waals surface area contributed by atoms with Gasteiger partial charge < -0.3 is 4.42 Å². The van der Waals surface area contributed by atoms with E-state index in [1.165, 1.54) is 11.3 Å². The summed E-state index contributed by atoms with van der Waals surface area (Å²) in [5, 5.41) is 1.82. The molecule has 0 amide bonds. The predicted octanol–water partition coefficient (Wildman–Crippen LogP) is 3.43. The molecule has 3 aromatic rings. The molecule has 1 aromatic carbocycles. The summed E-state index contributed by atoms with van der Waals surface area (Å²) in [6.07, 6.45) is 1.59. The molecular formula is C13H9NO2S. The van der Waals surface area contributed by atoms with E-state index in [1.54, 1.807) is 12.3 Å². The molecule has 2 aromatic heterocycles. The van der Waals surface area contributed by atoms with Gasteiger partial charge in [0, 0.05) is 11.6 Å². The van der Waals surface area contributed by atoms with Crippen LogP contribution in [0.15, 0.2) is 40.9 Å². The first kappa shape index (κ1) is 10.2. The Morgan fingerprint density at radius 2 is 2.18 bits per heavy atom. The van der Waals surface area contributed by atoms with Crippen LogP contribution in [0.3, 0.4) is 0 Å². The van der Waals surface area contributed by atoms with E-state index in [0.717, 1.165) is 16.0 Å². The number of carbonyl (C=O) groups is 1. The summed E-state index contributed by atoms with van der Waals surface area (Å²) >= 11 is 1.38. The topological polar surface area (TPSA) is 43.1 Å². The van der Waals surface area contributed by atoms with Crippen molar-refractivity contribution in [1.82, 2.24) is 4.98 Å². The number of carbonyl (C=O) groups excluding carboxylic acids is 1. The zero-order chi connectivity index (χ0) is 11.8. The minimum atomic E-state index is -0.105. The molecule has 17 heavy (non-hydrogen) atoms. The number of thiazole rings is 1. The van der Waals surface area contributed by atoms with Gasteiger partial charge in [-0.05, 0) is 19.1 Å². The van der Waals surface area contributed by atoms with Gasteiger partial charge in [-0.25, -0.2) is 4.98 Å². The second-order valence-corrected chi connectivity index (χ2v) is 4.96. The van der Waals surface area contributed by atoms with Gasteiger partial charge in [-0.1, -0.05) is 18.2 Å². The van der Waals surface area contributed by atoms with Gasteiger partial charge in [0.15, 0.2) is 5.76 Å². The molecule has 0 bridgehead atoms. The van der Waals surface area contributed by atoms with E-state index in [-0.39, 0.29) is 5.78 Å². The van der Waals surface area contributed by atoms with Gasteiger partial charge >= 0.3 is 0 Å². The van der Waals surface area contributed by atoms with Gasteiger partial charge in [-0.3, -0.25) is 4.79 Å². The normalized spacial score (nSPS) is 10.9. The molecule has 0 fully saturated rings. The maximum absolute atomic E-state index is 12.1. The average Bonchev–Trinajstić information content (AvgIpc) is 2.93. The minimum absolute atomic E-state index is 0.105. The molecule has 2 heterocycles. The van der Waals surface area contributed by atoms with Crippen LogP contribution in [0.5, 0.6) is 0 Å². The molecule has 0 spiro atoms. The number of hydrogen-bond donors (Lipinski definition) is 0. The number of hydrogen-bond acceptors (Lipinski definition) is 4. The Labute approximate surface area is 102 Å². The fourth-order valence-corrected chi connectivity index (χ4v) is 2.40. The number of fused-ring (bicyclic) bond motifs is 1. The Balaban J connectivity index is 2.06. The Kier molecular flexibility index (Phi) is 2.30. The Hall–Kier alpha value is -1.94. The second kappa shape index (κ2) is 3.82. The molecule has 3 nitrogen and oxygen atoms in total. The summed E-state index contributed by atoms with van der Waals surface area (Å²) in [6, 6.07) is 9.35. The Morgan fingerprint density at radius 3 is 2.88 bits per heavy atom. The summed E-state index contributed by atoms with van der Waals surface area (Å²) < 4.78 is 5.52. The molecule has 0 aliphatic carbocycles. The van der Waals surface area contributed by atoms with Crippen LogP contribution in [0, 0.1) is 6.92 Å². The summed E-state index contributed by atoms with van der Waals surface area (Å²) in [5.41, 5.74) is 0.733. The first-order valence-corrected chi connectivity index (χ1v) is 6.01. The van der Waals surface area contributed by atoms with Gasteiger partial charge in [0.1, 0.15) is 5.58 Å². The number of aryl methyl sites for hydroxylation is 1. The fourth-order valence-electron chi connectivity index (χ4n) is 1.68. The molecule has 0 saturated carbocycles. The second-order valence-electron chi connectivity index (χ2n) is 3.72. The van der Waals surface area contributed by atoms with Crippen LogP contribution >= 0.6 is 11.3 Å². The quantitative estimate of drug-likeness (QED) is 0.647. The molecule has 3 rings (SSSR count). The third kappa shape index (κ3) is 1.76. The molecule has 84 valence electrons. The van der Waals surface area contributed by atoms with E-state index in [2.05, 4.69) is 4.98 Å². The highest BCUT2D eigenvalue weighted by Gasteiger charge is 2.16. The maximum atomic E-state index is 12.1. The first-order chi connectivity index (χ1) is 8.24. The number of furan rings is 1. The van der Waals surface area contributed by atoms with Crippen molar-refractivity contribution >= 4 is 28.1 Å². The maximum Gasteiger partial charge on any atom is 0.239 e. The van der Waals surface area contributed by atoms with Gasteiger partial charge in [0.05, 0.1) is 9.88 Å². The lowest BCUT2D eigenvalue weighted by Gasteiger charge is -1.89. The molecule has 0 atom stereocenters. The van der Waals surface area contributed by atoms with Gasteiger partial charge in [0.2, 0.25) is 5.78 Å². The van der Waals surface area contributed by atoms with Crippen molar-refractivity contribution in [2.24, 2.45) is 0 Å². The number of ketones is 1. The monoisotopic (exact) mass is 243 g/mol. The lowest BCUT2D eigenvalue weighted by atomic mass is 10.2. The third-order valence-corrected chi connectivity index (χ3v) is 3.41. The lowest BCUT2D eigenvalue weighted by Crippen LogP contribution is -1.95. The van der Waals surface area contributed by atoms with Crippen LogP contribution in [0.25, 0.3) is 11.0 Å². The van der Waals surface area contributed by atoms with Gasteiger partial charge in [-0.2, -0.15) is 0 Å². The lowest BCUT2D eigenvalue weighted by molar-refractivity contribution is 0.101. The van der Waals surface area contributed by atoms with E-state index in [1.807, 2.05) is 31.2 Å². The van der Waals surface area contributed by atoms with Crippen LogP contribution in [0.1, 0.15) is 20.4 Å². The van der Waals surface area contributed by atoms with E-state index in [9.17, 15) is 4.79 Å². The zero-order valence-corrected chi connectivity index (χ0v) is 9.95. The van der Waals surface area contributed by atoms with Crippen molar-refractivity contribution in [2.45, 2.75) is 6.92 Å². The largest absolute Gasteiger partial charge is 0.453 e. The minimum Gasteiger partial charge on any atom is -0.453 e. The smallest absolute Gasteiger partial charge is 0.239 e. The van der Waals surface area contributed by atoms with E-state index >= 15 is 0 Å². The number of rotatable bonds is 2. The summed E-state index contributed by atoms with van der Waals surface area (Å²) in [7, 11) is 0. The number of benzene rings is 1. The summed E-state index contributed by atoms with van der Waals surface area (Å²) in [5.74, 6) is 0.265. The molecule has 0 unspecified atom stereocenters. The molecular weight excluding hydrogens is 234 g/mol. The number of nitrogens with zero attached hydrogens (tertiary/aromatic N) is 1. The highest BCUT2D eigenvalue weighted by atomic mass is 32.1. The fraction of sp³-hybridized carbons (Fsp3) is 0.0769. The SMILES string of the molecule is Cc1ncc(C(=O)c2cc3ccccc3o2)s1. The summed E-state index contributed by atoms with van der Waals surface area (Å²) in [6.45, 7) is 1.88. The van der Waals surface area contributed by atoms with Crippen molar-refractivity contribution < 1.29 is 9.21 Å². The van der Waals surface area contributed by atoms with E-state index < -0.39 is 0 Å². The van der Waals surface area contributed by atoms with Crippen molar-refractivity contribution in [3.8, 4) is 0 Å². The van der Waals surface area contributed by atoms with Crippen LogP contribution in [0.2, 0.25) is 0 Å². The molecule has 0 aliphatic heterocycles. The van der Waals surface area contributed by atoms with Crippen LogP contribution < -0.4 is 0 Å².